The molecule has 4 heteroatoms. The van der Waals surface area contributed by atoms with Crippen molar-refractivity contribution in [3.05, 3.63) is 29.0 Å². The van der Waals surface area contributed by atoms with Gasteiger partial charge in [0.05, 0.1) is 11.4 Å². The molecule has 12 heavy (non-hydrogen) atoms. The minimum atomic E-state index is -0.813. The molecule has 0 unspecified atom stereocenters. The van der Waals surface area contributed by atoms with Crippen molar-refractivity contribution in [3.8, 4) is 0 Å². The molecule has 1 aromatic heterocycles. The van der Waals surface area contributed by atoms with Gasteiger partial charge in [-0.25, -0.2) is 0 Å². The van der Waals surface area contributed by atoms with E-state index in [9.17, 15) is 4.79 Å². The summed E-state index contributed by atoms with van der Waals surface area (Å²) in [6, 6.07) is 3.43. The molecule has 0 saturated heterocycles. The summed E-state index contributed by atoms with van der Waals surface area (Å²) in [4.78, 5) is 14.1. The van der Waals surface area contributed by atoms with Gasteiger partial charge in [-0.3, -0.25) is 9.78 Å². The molecule has 0 radical (unpaired) electrons. The maximum absolute atomic E-state index is 10.2. The van der Waals surface area contributed by atoms with Crippen molar-refractivity contribution in [2.45, 2.75) is 12.8 Å². The van der Waals surface area contributed by atoms with Crippen molar-refractivity contribution in [2.75, 3.05) is 0 Å². The summed E-state index contributed by atoms with van der Waals surface area (Å²) >= 11 is 5.60. The molecule has 0 fully saturated rings. The molecule has 0 bridgehead atoms. The van der Waals surface area contributed by atoms with Crippen molar-refractivity contribution in [1.29, 1.82) is 0 Å². The summed E-state index contributed by atoms with van der Waals surface area (Å²) in [5.74, 6) is -0.813. The topological polar surface area (TPSA) is 50.2 Å². The van der Waals surface area contributed by atoms with E-state index in [2.05, 4.69) is 4.98 Å². The zero-order valence-corrected chi connectivity index (χ0v) is 7.08. The first kappa shape index (κ1) is 9.00. The molecule has 0 amide bonds. The van der Waals surface area contributed by atoms with E-state index < -0.39 is 5.97 Å². The van der Waals surface area contributed by atoms with E-state index in [0.29, 0.717) is 11.4 Å². The third kappa shape index (κ3) is 2.88. The molecular weight excluding hydrogens is 178 g/mol. The number of aliphatic carboxylic acids is 1. The first-order valence-electron chi connectivity index (χ1n) is 3.50. The fourth-order valence-electron chi connectivity index (χ4n) is 0.789. The van der Waals surface area contributed by atoms with Crippen LogP contribution in [0.4, 0.5) is 0 Å². The number of carboxylic acids is 1. The second-order valence-corrected chi connectivity index (χ2v) is 2.80. The van der Waals surface area contributed by atoms with Gasteiger partial charge in [0.25, 0.3) is 0 Å². The molecule has 0 aliphatic carbocycles. The third-order valence-corrected chi connectivity index (χ3v) is 1.61. The molecule has 0 atom stereocenters. The highest BCUT2D eigenvalue weighted by atomic mass is 35.5. The van der Waals surface area contributed by atoms with Gasteiger partial charge < -0.3 is 5.11 Å². The highest BCUT2D eigenvalue weighted by Gasteiger charge is 1.99. The highest BCUT2D eigenvalue weighted by molar-refractivity contribution is 6.30. The summed E-state index contributed by atoms with van der Waals surface area (Å²) < 4.78 is 0. The Balaban J connectivity index is 2.53. The van der Waals surface area contributed by atoms with Crippen LogP contribution in [-0.2, 0) is 11.2 Å². The van der Waals surface area contributed by atoms with Gasteiger partial charge in [-0.05, 0) is 12.1 Å². The summed E-state index contributed by atoms with van der Waals surface area (Å²) in [6.07, 6.45) is 2.07. The Morgan fingerprint density at radius 3 is 2.83 bits per heavy atom. The Bertz CT molecular complexity index is 271. The van der Waals surface area contributed by atoms with Crippen molar-refractivity contribution in [3.63, 3.8) is 0 Å². The van der Waals surface area contributed by atoms with Crippen LogP contribution in [0.15, 0.2) is 18.3 Å². The maximum atomic E-state index is 10.2. The van der Waals surface area contributed by atoms with Gasteiger partial charge >= 0.3 is 5.97 Å². The molecule has 0 aliphatic rings. The lowest BCUT2D eigenvalue weighted by Crippen LogP contribution is -1.98. The molecule has 0 saturated carbocycles. The van der Waals surface area contributed by atoms with Crippen molar-refractivity contribution >= 4 is 17.6 Å². The molecule has 1 heterocycles. The summed E-state index contributed by atoms with van der Waals surface area (Å²) in [5, 5.41) is 8.94. The Labute approximate surface area is 75.0 Å². The van der Waals surface area contributed by atoms with Gasteiger partial charge in [-0.15, -0.1) is 0 Å². The number of carbonyl (C=O) groups is 1. The number of nitrogens with zero attached hydrogens (tertiary/aromatic N) is 1. The van der Waals surface area contributed by atoms with Gasteiger partial charge in [-0.1, -0.05) is 11.6 Å². The molecule has 3 nitrogen and oxygen atoms in total. The molecule has 1 N–H and O–H groups in total. The van der Waals surface area contributed by atoms with E-state index >= 15 is 0 Å². The highest BCUT2D eigenvalue weighted by Crippen LogP contribution is 2.07. The second-order valence-electron chi connectivity index (χ2n) is 2.36. The average molecular weight is 186 g/mol. The number of halogens is 1. The number of aromatic nitrogens is 1. The van der Waals surface area contributed by atoms with E-state index in [1.165, 1.54) is 6.20 Å². The first-order chi connectivity index (χ1) is 5.68. The minimum Gasteiger partial charge on any atom is -0.481 e. The normalized spacial score (nSPS) is 9.75. The van der Waals surface area contributed by atoms with Crippen LogP contribution in [0.3, 0.4) is 0 Å². The molecule has 1 aromatic rings. The average Bonchev–Trinajstić information content (AvgIpc) is 2.03. The number of aryl methyl sites for hydroxylation is 1. The number of hydrogen-bond acceptors (Lipinski definition) is 2. The molecule has 1 rings (SSSR count). The van der Waals surface area contributed by atoms with Crippen LogP contribution >= 0.6 is 11.6 Å². The number of carboxylic acid groups (broad SMARTS) is 1. The van der Waals surface area contributed by atoms with E-state index in [1.807, 2.05) is 0 Å². The number of pyridine rings is 1. The molecular formula is C8H8ClNO2. The second kappa shape index (κ2) is 4.07. The lowest BCUT2D eigenvalue weighted by atomic mass is 10.2. The maximum Gasteiger partial charge on any atom is 0.303 e. The van der Waals surface area contributed by atoms with Crippen molar-refractivity contribution < 1.29 is 9.90 Å². The van der Waals surface area contributed by atoms with Crippen LogP contribution in [0.2, 0.25) is 5.02 Å². The smallest absolute Gasteiger partial charge is 0.303 e. The van der Waals surface area contributed by atoms with Crippen LogP contribution in [0, 0.1) is 0 Å². The molecule has 0 spiro atoms. The summed E-state index contributed by atoms with van der Waals surface area (Å²) in [5.41, 5.74) is 0.752. The fourth-order valence-corrected chi connectivity index (χ4v) is 0.901. The van der Waals surface area contributed by atoms with E-state index in [-0.39, 0.29) is 6.42 Å². The molecule has 0 aromatic carbocycles. The lowest BCUT2D eigenvalue weighted by molar-refractivity contribution is -0.136. The predicted octanol–water partition coefficient (Wildman–Crippen LogP) is 1.75. The van der Waals surface area contributed by atoms with Crippen LogP contribution in [0.25, 0.3) is 0 Å². The Morgan fingerprint density at radius 1 is 1.58 bits per heavy atom. The zero-order valence-electron chi connectivity index (χ0n) is 6.33. The van der Waals surface area contributed by atoms with Crippen LogP contribution in [-0.4, -0.2) is 16.1 Å². The first-order valence-corrected chi connectivity index (χ1v) is 3.88. The van der Waals surface area contributed by atoms with Gasteiger partial charge in [0, 0.05) is 18.3 Å². The van der Waals surface area contributed by atoms with Gasteiger partial charge in [0.15, 0.2) is 0 Å². The van der Waals surface area contributed by atoms with E-state index in [4.69, 9.17) is 16.7 Å². The molecule has 64 valence electrons. The van der Waals surface area contributed by atoms with Crippen molar-refractivity contribution in [2.24, 2.45) is 0 Å². The lowest BCUT2D eigenvalue weighted by Gasteiger charge is -1.96. The Hall–Kier alpha value is -1.09. The van der Waals surface area contributed by atoms with Crippen LogP contribution < -0.4 is 0 Å². The third-order valence-electron chi connectivity index (χ3n) is 1.38. The minimum absolute atomic E-state index is 0.106. The number of rotatable bonds is 3. The van der Waals surface area contributed by atoms with Gasteiger partial charge in [-0.2, -0.15) is 0 Å². The van der Waals surface area contributed by atoms with Gasteiger partial charge in [0.1, 0.15) is 0 Å². The largest absolute Gasteiger partial charge is 0.481 e. The van der Waals surface area contributed by atoms with Crippen LogP contribution in [0.1, 0.15) is 12.1 Å². The van der Waals surface area contributed by atoms with Crippen LogP contribution in [0.5, 0.6) is 0 Å². The quantitative estimate of drug-likeness (QED) is 0.781. The van der Waals surface area contributed by atoms with Crippen molar-refractivity contribution in [1.82, 2.24) is 4.98 Å². The Morgan fingerprint density at radius 2 is 2.33 bits per heavy atom. The fraction of sp³-hybridized carbons (Fsp3) is 0.250. The standard InChI is InChI=1S/C8H8ClNO2/c9-6-1-2-7(10-5-6)3-4-8(11)12/h1-2,5H,3-4H2,(H,11,12). The zero-order chi connectivity index (χ0) is 8.97. The summed E-state index contributed by atoms with van der Waals surface area (Å²) in [7, 11) is 0. The number of hydrogen-bond donors (Lipinski definition) is 1. The molecule has 0 aliphatic heterocycles. The van der Waals surface area contributed by atoms with Gasteiger partial charge in [0.2, 0.25) is 0 Å². The Kier molecular flexibility index (Phi) is 3.05. The SMILES string of the molecule is O=C(O)CCc1ccc(Cl)cn1. The predicted molar refractivity (Wildman–Crippen MR) is 45.2 cm³/mol. The monoisotopic (exact) mass is 185 g/mol. The van der Waals surface area contributed by atoms with E-state index in [1.54, 1.807) is 12.1 Å². The summed E-state index contributed by atoms with van der Waals surface area (Å²) in [6.45, 7) is 0. The van der Waals surface area contributed by atoms with E-state index in [0.717, 1.165) is 5.69 Å².